The van der Waals surface area contributed by atoms with E-state index in [0.717, 1.165) is 0 Å². The van der Waals surface area contributed by atoms with Crippen molar-refractivity contribution in [1.82, 2.24) is 0 Å². The van der Waals surface area contributed by atoms with E-state index in [9.17, 15) is 14.7 Å². The number of esters is 1. The molecule has 0 radical (unpaired) electrons. The minimum Gasteiger partial charge on any atom is -0.456 e. The Kier molecular flexibility index (Phi) is 1.26. The lowest BCUT2D eigenvalue weighted by Crippen LogP contribution is -2.47. The molecule has 0 spiro atoms. The summed E-state index contributed by atoms with van der Waals surface area (Å²) in [5.74, 6) is -0.642. The Morgan fingerprint density at radius 3 is 2.50 bits per heavy atom. The molecule has 76 valence electrons. The van der Waals surface area contributed by atoms with Crippen LogP contribution in [0.4, 0.5) is 4.79 Å². The third-order valence-corrected chi connectivity index (χ3v) is 2.93. The topological polar surface area (TPSA) is 82.1 Å². The average molecular weight is 200 g/mol. The highest BCUT2D eigenvalue weighted by molar-refractivity contribution is 5.82. The Hall–Kier alpha value is -1.30. The molecule has 14 heavy (non-hydrogen) atoms. The van der Waals surface area contributed by atoms with Crippen molar-refractivity contribution in [3.63, 3.8) is 0 Å². The maximum absolute atomic E-state index is 11.2. The monoisotopic (exact) mass is 200 g/mol. The molecular weight excluding hydrogens is 192 g/mol. The van der Waals surface area contributed by atoms with E-state index in [-0.39, 0.29) is 12.8 Å². The van der Waals surface area contributed by atoms with E-state index in [1.807, 2.05) is 0 Å². The summed E-state index contributed by atoms with van der Waals surface area (Å²) in [5, 5.41) is 9.80. The van der Waals surface area contributed by atoms with Gasteiger partial charge in [-0.05, 0) is 0 Å². The molecule has 3 aliphatic rings. The third-order valence-electron chi connectivity index (χ3n) is 2.93. The van der Waals surface area contributed by atoms with Crippen LogP contribution in [0.5, 0.6) is 0 Å². The lowest BCUT2D eigenvalue weighted by molar-refractivity contribution is -0.155. The average Bonchev–Trinajstić information content (AvgIpc) is 2.54. The van der Waals surface area contributed by atoms with Gasteiger partial charge in [-0.3, -0.25) is 0 Å². The van der Waals surface area contributed by atoms with Gasteiger partial charge in [-0.2, -0.15) is 0 Å². The van der Waals surface area contributed by atoms with Gasteiger partial charge in [0, 0.05) is 12.8 Å². The first kappa shape index (κ1) is 8.05. The van der Waals surface area contributed by atoms with Gasteiger partial charge in [-0.15, -0.1) is 0 Å². The first-order valence-corrected chi connectivity index (χ1v) is 4.39. The minimum absolute atomic E-state index is 0.0682. The molecule has 4 unspecified atom stereocenters. The summed E-state index contributed by atoms with van der Waals surface area (Å²) in [6.45, 7) is 0. The van der Waals surface area contributed by atoms with E-state index in [0.29, 0.717) is 0 Å². The Labute approximate surface area is 78.7 Å². The molecule has 2 heterocycles. The van der Waals surface area contributed by atoms with Crippen LogP contribution >= 0.6 is 0 Å². The van der Waals surface area contributed by atoms with Crippen LogP contribution in [0.2, 0.25) is 0 Å². The zero-order valence-electron chi connectivity index (χ0n) is 7.13. The molecule has 2 aliphatic heterocycles. The molecule has 0 aromatic rings. The van der Waals surface area contributed by atoms with Gasteiger partial charge in [0.15, 0.2) is 11.7 Å². The number of rotatable bonds is 0. The van der Waals surface area contributed by atoms with Crippen molar-refractivity contribution in [3.8, 4) is 0 Å². The molecule has 1 aliphatic carbocycles. The van der Waals surface area contributed by atoms with Gasteiger partial charge in [0.1, 0.15) is 12.2 Å². The largest absolute Gasteiger partial charge is 0.509 e. The van der Waals surface area contributed by atoms with E-state index in [4.69, 9.17) is 14.2 Å². The van der Waals surface area contributed by atoms with Gasteiger partial charge < -0.3 is 19.3 Å². The van der Waals surface area contributed by atoms with E-state index in [1.165, 1.54) is 0 Å². The molecular formula is C8H8O6. The number of fused-ring (bicyclic) bond motifs is 4. The molecule has 2 bridgehead atoms. The van der Waals surface area contributed by atoms with E-state index in [2.05, 4.69) is 0 Å². The van der Waals surface area contributed by atoms with E-state index >= 15 is 0 Å². The van der Waals surface area contributed by atoms with E-state index in [1.54, 1.807) is 0 Å². The number of carbonyl (C=O) groups is 2. The Morgan fingerprint density at radius 1 is 1.14 bits per heavy atom. The first-order chi connectivity index (χ1) is 6.58. The normalized spacial score (nSPS) is 49.4. The Balaban J connectivity index is 1.94. The fraction of sp³-hybridized carbons (Fsp3) is 0.750. The second-order valence-electron chi connectivity index (χ2n) is 3.87. The number of aliphatic hydroxyl groups is 1. The highest BCUT2D eigenvalue weighted by atomic mass is 16.8. The van der Waals surface area contributed by atoms with Crippen molar-refractivity contribution in [2.24, 2.45) is 0 Å². The van der Waals surface area contributed by atoms with Crippen LogP contribution in [0.25, 0.3) is 0 Å². The van der Waals surface area contributed by atoms with Crippen molar-refractivity contribution < 1.29 is 28.9 Å². The maximum Gasteiger partial charge on any atom is 0.509 e. The molecule has 3 rings (SSSR count). The Morgan fingerprint density at radius 2 is 1.79 bits per heavy atom. The zero-order valence-corrected chi connectivity index (χ0v) is 7.13. The quantitative estimate of drug-likeness (QED) is 0.523. The lowest BCUT2D eigenvalue weighted by atomic mass is 9.82. The Bertz CT molecular complexity index is 324. The van der Waals surface area contributed by atoms with Crippen molar-refractivity contribution >= 4 is 12.1 Å². The van der Waals surface area contributed by atoms with Crippen molar-refractivity contribution in [1.29, 1.82) is 0 Å². The van der Waals surface area contributed by atoms with Crippen LogP contribution < -0.4 is 0 Å². The number of hydrogen-bond acceptors (Lipinski definition) is 6. The molecule has 6 nitrogen and oxygen atoms in total. The number of ether oxygens (including phenoxy) is 3. The zero-order chi connectivity index (χ0) is 9.92. The summed E-state index contributed by atoms with van der Waals surface area (Å²) < 4.78 is 14.5. The lowest BCUT2D eigenvalue weighted by Gasteiger charge is -2.28. The SMILES string of the molecule is O=C1OC2CC3(O)CC(OC3=O)C2O1. The maximum atomic E-state index is 11.2. The van der Waals surface area contributed by atoms with Crippen molar-refractivity contribution in [2.45, 2.75) is 36.8 Å². The summed E-state index contributed by atoms with van der Waals surface area (Å²) >= 11 is 0. The fourth-order valence-electron chi connectivity index (χ4n) is 2.27. The van der Waals surface area contributed by atoms with Crippen LogP contribution in [0.15, 0.2) is 0 Å². The van der Waals surface area contributed by atoms with Crippen molar-refractivity contribution in [3.05, 3.63) is 0 Å². The summed E-state index contributed by atoms with van der Waals surface area (Å²) in [6.07, 6.45) is -2.17. The van der Waals surface area contributed by atoms with Gasteiger partial charge >= 0.3 is 12.1 Å². The highest BCUT2D eigenvalue weighted by Gasteiger charge is 2.62. The molecule has 1 N–H and O–H groups in total. The molecule has 0 aromatic heterocycles. The van der Waals surface area contributed by atoms with Gasteiger partial charge in [0.05, 0.1) is 0 Å². The molecule has 2 saturated heterocycles. The van der Waals surface area contributed by atoms with Gasteiger partial charge in [-0.1, -0.05) is 0 Å². The molecule has 3 fully saturated rings. The molecule has 0 amide bonds. The van der Waals surface area contributed by atoms with Crippen LogP contribution in [-0.2, 0) is 19.0 Å². The second-order valence-corrected chi connectivity index (χ2v) is 3.87. The fourth-order valence-corrected chi connectivity index (χ4v) is 2.27. The van der Waals surface area contributed by atoms with Crippen LogP contribution in [0.1, 0.15) is 12.8 Å². The molecule has 4 atom stereocenters. The number of carbonyl (C=O) groups excluding carboxylic acids is 2. The summed E-state index contributed by atoms with van der Waals surface area (Å²) in [5.41, 5.74) is -1.49. The first-order valence-electron chi connectivity index (χ1n) is 4.39. The van der Waals surface area contributed by atoms with Crippen LogP contribution in [0.3, 0.4) is 0 Å². The van der Waals surface area contributed by atoms with Crippen LogP contribution in [0, 0.1) is 0 Å². The highest BCUT2D eigenvalue weighted by Crippen LogP contribution is 2.42. The second kappa shape index (κ2) is 2.20. The molecule has 0 aromatic carbocycles. The standard InChI is InChI=1S/C8H8O6/c9-6-8(11)1-3(12-6)5-4(2-8)13-7(10)14-5/h3-5,11H,1-2H2. The number of hydrogen-bond donors (Lipinski definition) is 1. The van der Waals surface area contributed by atoms with Gasteiger partial charge in [-0.25, -0.2) is 9.59 Å². The molecule has 1 saturated carbocycles. The van der Waals surface area contributed by atoms with Gasteiger partial charge in [0.25, 0.3) is 0 Å². The van der Waals surface area contributed by atoms with Crippen molar-refractivity contribution in [2.75, 3.05) is 0 Å². The summed E-state index contributed by atoms with van der Waals surface area (Å²) in [6, 6.07) is 0. The third kappa shape index (κ3) is 0.836. The molecule has 6 heteroatoms. The predicted molar refractivity (Wildman–Crippen MR) is 39.2 cm³/mol. The van der Waals surface area contributed by atoms with Gasteiger partial charge in [0.2, 0.25) is 0 Å². The summed E-state index contributed by atoms with van der Waals surface area (Å²) in [7, 11) is 0. The minimum atomic E-state index is -1.49. The van der Waals surface area contributed by atoms with E-state index < -0.39 is 36.0 Å². The van der Waals surface area contributed by atoms with Crippen LogP contribution in [-0.4, -0.2) is 41.1 Å². The smallest absolute Gasteiger partial charge is 0.456 e. The predicted octanol–water partition coefficient (Wildman–Crippen LogP) is -0.659. The summed E-state index contributed by atoms with van der Waals surface area (Å²) in [4.78, 5) is 22.0.